The Morgan fingerprint density at radius 2 is 1.18 bits per heavy atom. The first-order chi connectivity index (χ1) is 33.5. The predicted molar refractivity (Wildman–Crippen MR) is 293 cm³/mol. The van der Waals surface area contributed by atoms with Crippen LogP contribution in [0.1, 0.15) is 120 Å². The maximum atomic E-state index is 15.1. The number of nitro benzene ring substituents is 1. The summed E-state index contributed by atoms with van der Waals surface area (Å²) < 4.78 is 49.8. The lowest BCUT2D eigenvalue weighted by molar-refractivity contribution is -0.387. The van der Waals surface area contributed by atoms with Gasteiger partial charge >= 0.3 is 0 Å². The van der Waals surface area contributed by atoms with Gasteiger partial charge < -0.3 is 23.8 Å². The first-order valence-corrected chi connectivity index (χ1v) is 31.3. The Morgan fingerprint density at radius 1 is 0.690 bits per heavy atom. The van der Waals surface area contributed by atoms with Gasteiger partial charge in [0.2, 0.25) is 21.8 Å². The van der Waals surface area contributed by atoms with Crippen LogP contribution in [0.5, 0.6) is 5.75 Å². The largest absolute Gasteiger partial charge is 0.489 e. The van der Waals surface area contributed by atoms with Gasteiger partial charge in [0.05, 0.1) is 11.3 Å². The first kappa shape index (κ1) is 60.8. The van der Waals surface area contributed by atoms with E-state index >= 15 is 4.79 Å². The number of hydrogen-bond acceptors (Lipinski definition) is 9. The molecule has 0 aliphatic carbocycles. The lowest BCUT2D eigenvalue weighted by Crippen LogP contribution is -2.55. The molecule has 3 aromatic rings. The highest BCUT2D eigenvalue weighted by atomic mass is 32.2. The summed E-state index contributed by atoms with van der Waals surface area (Å²) in [6.45, 7) is 35.3. The second kappa shape index (κ2) is 28.7. The van der Waals surface area contributed by atoms with Crippen LogP contribution in [0.25, 0.3) is 0 Å². The molecule has 2 atom stereocenters. The number of rotatable bonds is 33. The van der Waals surface area contributed by atoms with Crippen molar-refractivity contribution >= 4 is 44.2 Å². The number of amides is 2. The van der Waals surface area contributed by atoms with E-state index in [2.05, 4.69) is 102 Å². The normalized spacial score (nSPS) is 13.3. The van der Waals surface area contributed by atoms with Crippen LogP contribution in [0.3, 0.4) is 0 Å². The minimum atomic E-state index is -4.48. The van der Waals surface area contributed by atoms with Crippen LogP contribution in [0, 0.1) is 10.1 Å². The Kier molecular flexibility index (Phi) is 24.6. The number of ether oxygens (including phenoxy) is 1. The van der Waals surface area contributed by atoms with Crippen molar-refractivity contribution in [1.82, 2.24) is 14.5 Å². The lowest BCUT2D eigenvalue weighted by Gasteiger charge is -2.42. The Hall–Kier alpha value is -4.46. The highest BCUT2D eigenvalue weighted by Gasteiger charge is 2.46. The van der Waals surface area contributed by atoms with Gasteiger partial charge in [0, 0.05) is 45.0 Å². The highest BCUT2D eigenvalue weighted by molar-refractivity contribution is 7.89. The van der Waals surface area contributed by atoms with E-state index in [0.29, 0.717) is 78.1 Å². The second-order valence-electron chi connectivity index (χ2n) is 20.6. The maximum Gasteiger partial charge on any atom is 0.289 e. The average molecular weight is 1040 g/mol. The number of sulfonamides is 1. The van der Waals surface area contributed by atoms with Crippen LogP contribution in [-0.4, -0.2) is 95.9 Å². The molecule has 0 fully saturated rings. The van der Waals surface area contributed by atoms with E-state index in [4.69, 9.17) is 13.6 Å². The number of nitrogens with one attached hydrogen (secondary N) is 1. The predicted octanol–water partition coefficient (Wildman–Crippen LogP) is 12.4. The van der Waals surface area contributed by atoms with E-state index in [9.17, 15) is 23.3 Å². The third-order valence-electron chi connectivity index (χ3n) is 14.1. The van der Waals surface area contributed by atoms with Crippen molar-refractivity contribution in [2.24, 2.45) is 0 Å². The molecule has 0 saturated heterocycles. The third kappa shape index (κ3) is 16.3. The number of benzene rings is 3. The molecule has 0 aromatic heterocycles. The molecule has 394 valence electrons. The molecule has 3 rings (SSSR count). The topological polar surface area (TPSA) is 158 Å². The number of hydrogen-bond donors (Lipinski definition) is 1. The van der Waals surface area contributed by atoms with Gasteiger partial charge in [-0.25, -0.2) is 8.42 Å². The number of carbonyl (C=O) groups excluding carboxylic acids is 2. The van der Waals surface area contributed by atoms with Crippen LogP contribution in [0.15, 0.2) is 109 Å². The number of nitro groups is 1. The Morgan fingerprint density at radius 3 is 1.68 bits per heavy atom. The molecule has 71 heavy (non-hydrogen) atoms. The summed E-state index contributed by atoms with van der Waals surface area (Å²) in [4.78, 5) is 42.2. The fourth-order valence-corrected chi connectivity index (χ4v) is 23.5. The van der Waals surface area contributed by atoms with Gasteiger partial charge in [-0.05, 0) is 88.3 Å². The maximum absolute atomic E-state index is 15.1. The van der Waals surface area contributed by atoms with Crippen LogP contribution < -0.4 is 10.1 Å². The van der Waals surface area contributed by atoms with Crippen LogP contribution in [-0.2, 0) is 41.5 Å². The van der Waals surface area contributed by atoms with E-state index in [1.54, 1.807) is 11.0 Å². The van der Waals surface area contributed by atoms with E-state index in [1.165, 1.54) is 24.3 Å². The van der Waals surface area contributed by atoms with Crippen LogP contribution in [0.4, 0.5) is 5.69 Å². The van der Waals surface area contributed by atoms with Gasteiger partial charge in [0.25, 0.3) is 5.69 Å². The van der Waals surface area contributed by atoms with Gasteiger partial charge in [0.1, 0.15) is 18.4 Å². The summed E-state index contributed by atoms with van der Waals surface area (Å²) in [6, 6.07) is 20.7. The summed E-state index contributed by atoms with van der Waals surface area (Å²) in [5.41, 5.74) is 3.28. The molecule has 0 aliphatic rings. The Bertz CT molecular complexity index is 2210. The average Bonchev–Trinajstić information content (AvgIpc) is 3.31. The van der Waals surface area contributed by atoms with Gasteiger partial charge in [-0.3, -0.25) is 19.7 Å². The molecule has 0 saturated carbocycles. The molecular weight excluding hydrogens is 949 g/mol. The molecule has 0 heterocycles. The number of nitrogens with zero attached hydrogens (tertiary/aromatic N) is 3. The zero-order valence-electron chi connectivity index (χ0n) is 44.9. The molecule has 0 spiro atoms. The van der Waals surface area contributed by atoms with Crippen LogP contribution in [0.2, 0.25) is 33.2 Å². The molecule has 2 amide bonds. The van der Waals surface area contributed by atoms with Crippen molar-refractivity contribution in [1.29, 1.82) is 0 Å². The summed E-state index contributed by atoms with van der Waals surface area (Å²) in [5.74, 6) is -0.0768. The van der Waals surface area contributed by atoms with E-state index in [0.717, 1.165) is 21.5 Å². The minimum absolute atomic E-state index is 0.00628. The van der Waals surface area contributed by atoms with Gasteiger partial charge in [-0.15, -0.1) is 13.2 Å². The highest BCUT2D eigenvalue weighted by Crippen LogP contribution is 2.43. The van der Waals surface area contributed by atoms with E-state index < -0.39 is 60.2 Å². The number of para-hydroxylation sites is 1. The Labute approximate surface area is 429 Å². The number of carbonyl (C=O) groups is 2. The second-order valence-corrected chi connectivity index (χ2v) is 33.4. The molecule has 0 unspecified atom stereocenters. The summed E-state index contributed by atoms with van der Waals surface area (Å²) >= 11 is 0. The molecule has 3 aromatic carbocycles. The molecule has 1 N–H and O–H groups in total. The molecule has 0 aliphatic heterocycles. The fourth-order valence-electron chi connectivity index (χ4n) is 10.9. The smallest absolute Gasteiger partial charge is 0.289 e. The van der Waals surface area contributed by atoms with Crippen molar-refractivity contribution in [2.75, 3.05) is 32.8 Å². The molecule has 0 bridgehead atoms. The SMILES string of the molecule is C=CCN(C(=O)Cc1ccc(OCc2ccccc2)cc1)[C@H](CCCO[Si](C(C)C)(C(C)C)C(C)C)C(=O)N[C@@H](CCCO[Si](C(C)C)(C(C)C)C(C)C)CN(CC=C)S(=O)(=O)c1ccccc1[N+](=O)[O-]. The standard InChI is InChI=1S/C55H86N4O9SSi2/c1-15-34-57(69(64,65)53-29-21-20-27-51(53)59(62)63)39-49(26-22-36-67-70(41(3)4,42(5)6)43(7)8)56-55(61)52(28-23-37-68-71(44(9)10,45(11)12)46(13)14)58(35-16-2)54(60)38-47-30-32-50(33-31-47)66-40-48-24-18-17-19-25-48/h15-21,24-25,27,29-33,41-46,49,52H,1-2,22-23,26,28,34-40H2,3-14H3,(H,56,61)/t49-,52+/m0/s1. The summed E-state index contributed by atoms with van der Waals surface area (Å²) in [5, 5.41) is 15.3. The zero-order valence-corrected chi connectivity index (χ0v) is 47.7. The van der Waals surface area contributed by atoms with Crippen molar-refractivity contribution in [3.05, 3.63) is 125 Å². The molecule has 0 radical (unpaired) electrons. The quantitative estimate of drug-likeness (QED) is 0.0206. The van der Waals surface area contributed by atoms with E-state index in [-0.39, 0.29) is 38.4 Å². The minimum Gasteiger partial charge on any atom is -0.489 e. The Balaban J connectivity index is 2.07. The molecular formula is C55H86N4O9SSi2. The first-order valence-electron chi connectivity index (χ1n) is 25.6. The van der Waals surface area contributed by atoms with Crippen molar-refractivity contribution in [3.63, 3.8) is 0 Å². The summed E-state index contributed by atoms with van der Waals surface area (Å²) in [6.07, 6.45) is 4.59. The van der Waals surface area contributed by atoms with Crippen molar-refractivity contribution < 1.29 is 36.5 Å². The summed E-state index contributed by atoms with van der Waals surface area (Å²) in [7, 11) is -9.01. The van der Waals surface area contributed by atoms with Crippen LogP contribution >= 0.6 is 0 Å². The molecule has 16 heteroatoms. The van der Waals surface area contributed by atoms with Gasteiger partial charge in [0.15, 0.2) is 21.5 Å². The fraction of sp³-hybridized carbons (Fsp3) is 0.564. The van der Waals surface area contributed by atoms with E-state index in [1.807, 2.05) is 54.6 Å². The monoisotopic (exact) mass is 1030 g/mol. The van der Waals surface area contributed by atoms with Gasteiger partial charge in [-0.1, -0.05) is 150 Å². The van der Waals surface area contributed by atoms with Crippen molar-refractivity contribution in [2.45, 2.75) is 172 Å². The van der Waals surface area contributed by atoms with Gasteiger partial charge in [-0.2, -0.15) is 4.31 Å². The third-order valence-corrected chi connectivity index (χ3v) is 28.2. The molecule has 13 nitrogen and oxygen atoms in total. The van der Waals surface area contributed by atoms with Crippen molar-refractivity contribution in [3.8, 4) is 5.75 Å². The zero-order chi connectivity index (χ0) is 53.1. The lowest BCUT2D eigenvalue weighted by atomic mass is 10.0.